The monoisotopic (exact) mass is 302 g/mol. The highest BCUT2D eigenvalue weighted by atomic mass is 32.1. The maximum absolute atomic E-state index is 11.3. The highest BCUT2D eigenvalue weighted by molar-refractivity contribution is 7.18. The van der Waals surface area contributed by atoms with E-state index in [0.29, 0.717) is 11.5 Å². The molecule has 21 heavy (non-hydrogen) atoms. The molecule has 0 unspecified atom stereocenters. The molecule has 0 aliphatic carbocycles. The molecule has 5 N–H and O–H groups in total. The van der Waals surface area contributed by atoms with Crippen molar-refractivity contribution in [3.63, 3.8) is 0 Å². The molecule has 2 rings (SSSR count). The van der Waals surface area contributed by atoms with Crippen LogP contribution in [-0.2, 0) is 6.54 Å². The van der Waals surface area contributed by atoms with Crippen molar-refractivity contribution in [3.8, 4) is 11.8 Å². The van der Waals surface area contributed by atoms with Crippen molar-refractivity contribution in [3.05, 3.63) is 40.3 Å². The minimum absolute atomic E-state index is 0.128. The van der Waals surface area contributed by atoms with E-state index >= 15 is 0 Å². The topological polar surface area (TPSA) is 114 Å². The number of nitrogens with zero attached hydrogens (tertiary/aromatic N) is 1. The number of amides is 1. The fourth-order valence-corrected chi connectivity index (χ4v) is 2.75. The van der Waals surface area contributed by atoms with Crippen molar-refractivity contribution in [2.75, 3.05) is 18.2 Å². The first-order chi connectivity index (χ1) is 10.1. The Morgan fingerprint density at radius 2 is 2.29 bits per heavy atom. The van der Waals surface area contributed by atoms with Crippen LogP contribution in [0.1, 0.15) is 20.8 Å². The van der Waals surface area contributed by atoms with Crippen LogP contribution < -0.4 is 21.5 Å². The smallest absolute Gasteiger partial charge is 0.261 e. The van der Waals surface area contributed by atoms with E-state index in [0.717, 1.165) is 22.6 Å². The van der Waals surface area contributed by atoms with Crippen LogP contribution in [0.3, 0.4) is 0 Å². The third-order valence-corrected chi connectivity index (χ3v) is 4.05. The molecule has 1 amide bonds. The molecule has 0 bridgehead atoms. The summed E-state index contributed by atoms with van der Waals surface area (Å²) in [4.78, 5) is 11.5. The van der Waals surface area contributed by atoms with Gasteiger partial charge in [-0.2, -0.15) is 5.26 Å². The lowest BCUT2D eigenvalue weighted by molar-refractivity contribution is 0.100. The molecule has 1 heterocycles. The van der Waals surface area contributed by atoms with E-state index in [-0.39, 0.29) is 16.1 Å². The quantitative estimate of drug-likeness (QED) is 0.780. The van der Waals surface area contributed by atoms with Gasteiger partial charge in [-0.1, -0.05) is 12.1 Å². The predicted molar refractivity (Wildman–Crippen MR) is 82.3 cm³/mol. The van der Waals surface area contributed by atoms with Gasteiger partial charge < -0.3 is 21.5 Å². The molecule has 0 fully saturated rings. The normalized spacial score (nSPS) is 9.90. The number of thiophene rings is 1. The first-order valence-corrected chi connectivity index (χ1v) is 6.87. The molecular formula is C14H14N4O2S. The lowest BCUT2D eigenvalue weighted by atomic mass is 10.2. The molecule has 0 saturated carbocycles. The van der Waals surface area contributed by atoms with Gasteiger partial charge in [0.25, 0.3) is 5.91 Å². The second kappa shape index (κ2) is 6.15. The lowest BCUT2D eigenvalue weighted by Crippen LogP contribution is -2.10. The largest absolute Gasteiger partial charge is 0.497 e. The minimum atomic E-state index is -0.636. The summed E-state index contributed by atoms with van der Waals surface area (Å²) in [5.41, 5.74) is 12.3. The SMILES string of the molecule is COc1cccc(CNc2sc(C(N)=O)c(N)c2C#N)c1. The Labute approximate surface area is 125 Å². The Hall–Kier alpha value is -2.72. The average molecular weight is 302 g/mol. The number of hydrogen-bond acceptors (Lipinski definition) is 6. The number of benzene rings is 1. The first kappa shape index (κ1) is 14.7. The van der Waals surface area contributed by atoms with Gasteiger partial charge in [0.2, 0.25) is 0 Å². The van der Waals surface area contributed by atoms with Gasteiger partial charge in [0, 0.05) is 6.54 Å². The van der Waals surface area contributed by atoms with E-state index in [1.54, 1.807) is 7.11 Å². The number of nitrogens with two attached hydrogens (primary N) is 2. The fourth-order valence-electron chi connectivity index (χ4n) is 1.83. The van der Waals surface area contributed by atoms with Crippen LogP contribution in [0.15, 0.2) is 24.3 Å². The van der Waals surface area contributed by atoms with Crippen LogP contribution in [0.2, 0.25) is 0 Å². The van der Waals surface area contributed by atoms with Crippen molar-refractivity contribution in [2.45, 2.75) is 6.54 Å². The molecule has 0 atom stereocenters. The number of primary amides is 1. The number of nitriles is 1. The Morgan fingerprint density at radius 1 is 1.52 bits per heavy atom. The maximum atomic E-state index is 11.3. The first-order valence-electron chi connectivity index (χ1n) is 6.05. The summed E-state index contributed by atoms with van der Waals surface area (Å²) in [5.74, 6) is 0.113. The van der Waals surface area contributed by atoms with Crippen molar-refractivity contribution >= 4 is 27.9 Å². The summed E-state index contributed by atoms with van der Waals surface area (Å²) in [6.07, 6.45) is 0. The van der Waals surface area contributed by atoms with E-state index in [9.17, 15) is 4.79 Å². The number of anilines is 2. The molecule has 0 spiro atoms. The zero-order valence-electron chi connectivity index (χ0n) is 11.3. The number of carbonyl (C=O) groups is 1. The molecule has 108 valence electrons. The van der Waals surface area contributed by atoms with Crippen molar-refractivity contribution in [1.82, 2.24) is 0 Å². The number of methoxy groups -OCH3 is 1. The van der Waals surface area contributed by atoms with E-state index in [4.69, 9.17) is 21.5 Å². The minimum Gasteiger partial charge on any atom is -0.497 e. The second-order valence-electron chi connectivity index (χ2n) is 4.23. The third kappa shape index (κ3) is 3.07. The van der Waals surface area contributed by atoms with E-state index in [1.807, 2.05) is 30.3 Å². The average Bonchev–Trinajstić information content (AvgIpc) is 2.81. The summed E-state index contributed by atoms with van der Waals surface area (Å²) in [6, 6.07) is 9.51. The number of ether oxygens (including phenoxy) is 1. The van der Waals surface area contributed by atoms with Crippen LogP contribution in [0.4, 0.5) is 10.7 Å². The molecule has 6 nitrogen and oxygen atoms in total. The van der Waals surface area contributed by atoms with E-state index in [2.05, 4.69) is 5.32 Å². The van der Waals surface area contributed by atoms with Gasteiger partial charge >= 0.3 is 0 Å². The van der Waals surface area contributed by atoms with Crippen LogP contribution in [0.25, 0.3) is 0 Å². The number of carbonyl (C=O) groups excluding carboxylic acids is 1. The summed E-state index contributed by atoms with van der Waals surface area (Å²) in [6.45, 7) is 0.476. The number of nitrogen functional groups attached to an aromatic ring is 1. The molecule has 1 aromatic heterocycles. The van der Waals surface area contributed by atoms with Crippen molar-refractivity contribution in [1.29, 1.82) is 5.26 Å². The summed E-state index contributed by atoms with van der Waals surface area (Å²) < 4.78 is 5.15. The Kier molecular flexibility index (Phi) is 4.30. The highest BCUT2D eigenvalue weighted by Crippen LogP contribution is 2.35. The van der Waals surface area contributed by atoms with E-state index < -0.39 is 5.91 Å². The Morgan fingerprint density at radius 3 is 2.90 bits per heavy atom. The summed E-state index contributed by atoms with van der Waals surface area (Å²) in [7, 11) is 1.60. The van der Waals surface area contributed by atoms with Gasteiger partial charge in [0.15, 0.2) is 0 Å². The van der Waals surface area contributed by atoms with Crippen LogP contribution in [-0.4, -0.2) is 13.0 Å². The number of rotatable bonds is 5. The van der Waals surface area contributed by atoms with Gasteiger partial charge in [0.1, 0.15) is 27.3 Å². The fraction of sp³-hybridized carbons (Fsp3) is 0.143. The molecule has 7 heteroatoms. The standard InChI is InChI=1S/C14H14N4O2S/c1-20-9-4-2-3-8(5-9)7-18-14-10(6-15)11(16)12(21-14)13(17)19/h2-5,18H,7,16H2,1H3,(H2,17,19). The molecule has 0 saturated heterocycles. The van der Waals surface area contributed by atoms with Crippen LogP contribution in [0.5, 0.6) is 5.75 Å². The number of nitrogens with one attached hydrogen (secondary N) is 1. The van der Waals surface area contributed by atoms with Crippen molar-refractivity contribution < 1.29 is 9.53 Å². The van der Waals surface area contributed by atoms with Gasteiger partial charge in [-0.25, -0.2) is 0 Å². The van der Waals surface area contributed by atoms with E-state index in [1.165, 1.54) is 0 Å². The summed E-state index contributed by atoms with van der Waals surface area (Å²) >= 11 is 1.08. The van der Waals surface area contributed by atoms with Gasteiger partial charge in [-0.15, -0.1) is 11.3 Å². The molecular weight excluding hydrogens is 288 g/mol. The lowest BCUT2D eigenvalue weighted by Gasteiger charge is -2.06. The zero-order chi connectivity index (χ0) is 15.4. The molecule has 0 aliphatic heterocycles. The van der Waals surface area contributed by atoms with Gasteiger partial charge in [0.05, 0.1) is 12.8 Å². The zero-order valence-corrected chi connectivity index (χ0v) is 12.2. The Bertz CT molecular complexity index is 718. The third-order valence-electron chi connectivity index (χ3n) is 2.87. The van der Waals surface area contributed by atoms with Crippen LogP contribution in [0, 0.1) is 11.3 Å². The Balaban J connectivity index is 2.22. The van der Waals surface area contributed by atoms with Crippen molar-refractivity contribution in [2.24, 2.45) is 5.73 Å². The second-order valence-corrected chi connectivity index (χ2v) is 5.25. The molecule has 0 aliphatic rings. The number of hydrogen-bond donors (Lipinski definition) is 3. The molecule has 2 aromatic rings. The molecule has 1 aromatic carbocycles. The highest BCUT2D eigenvalue weighted by Gasteiger charge is 2.19. The summed E-state index contributed by atoms with van der Waals surface area (Å²) in [5, 5.41) is 12.8. The molecule has 0 radical (unpaired) electrons. The van der Waals surface area contributed by atoms with Gasteiger partial charge in [-0.05, 0) is 17.7 Å². The van der Waals surface area contributed by atoms with Crippen LogP contribution >= 0.6 is 11.3 Å². The predicted octanol–water partition coefficient (Wildman–Crippen LogP) is 1.92. The van der Waals surface area contributed by atoms with Gasteiger partial charge in [-0.3, -0.25) is 4.79 Å². The maximum Gasteiger partial charge on any atom is 0.261 e.